The summed E-state index contributed by atoms with van der Waals surface area (Å²) < 4.78 is 0. The van der Waals surface area contributed by atoms with E-state index >= 15 is 0 Å². The van der Waals surface area contributed by atoms with Gasteiger partial charge in [-0.15, -0.1) is 11.3 Å². The molecule has 2 rings (SSSR count). The Labute approximate surface area is 125 Å². The number of rotatable bonds is 5. The minimum absolute atomic E-state index is 0.135. The van der Waals surface area contributed by atoms with Gasteiger partial charge in [-0.1, -0.05) is 18.2 Å². The summed E-state index contributed by atoms with van der Waals surface area (Å²) in [6, 6.07) is 6.46. The fraction of sp³-hybridized carbons (Fsp3) is 0.214. The Kier molecular flexibility index (Phi) is 4.89. The summed E-state index contributed by atoms with van der Waals surface area (Å²) in [6.45, 7) is 2.27. The van der Waals surface area contributed by atoms with E-state index in [1.807, 2.05) is 6.92 Å². The van der Waals surface area contributed by atoms with Crippen LogP contribution in [0.3, 0.4) is 0 Å². The first-order valence-corrected chi connectivity index (χ1v) is 7.17. The molecule has 3 N–H and O–H groups in total. The van der Waals surface area contributed by atoms with Gasteiger partial charge >= 0.3 is 12.0 Å². The highest BCUT2D eigenvalue weighted by Crippen LogP contribution is 2.16. The average molecular weight is 305 g/mol. The number of thiazole rings is 1. The number of hydrogen-bond donors (Lipinski definition) is 3. The van der Waals surface area contributed by atoms with Gasteiger partial charge in [-0.05, 0) is 18.6 Å². The maximum absolute atomic E-state index is 11.9. The number of carboxylic acids is 1. The van der Waals surface area contributed by atoms with Crippen LogP contribution in [0.4, 0.5) is 10.5 Å². The van der Waals surface area contributed by atoms with Crippen molar-refractivity contribution in [2.75, 3.05) is 5.32 Å². The number of aryl methyl sites for hydroxylation is 1. The first kappa shape index (κ1) is 15.0. The minimum atomic E-state index is -0.940. The van der Waals surface area contributed by atoms with Crippen LogP contribution in [0.5, 0.6) is 0 Å². The largest absolute Gasteiger partial charge is 0.481 e. The van der Waals surface area contributed by atoms with Gasteiger partial charge in [0.05, 0.1) is 24.2 Å². The number of benzene rings is 1. The monoisotopic (exact) mass is 305 g/mol. The lowest BCUT2D eigenvalue weighted by atomic mass is 10.1. The van der Waals surface area contributed by atoms with E-state index in [-0.39, 0.29) is 12.5 Å². The molecule has 0 atom stereocenters. The van der Waals surface area contributed by atoms with Crippen molar-refractivity contribution in [3.8, 4) is 0 Å². The van der Waals surface area contributed by atoms with Crippen LogP contribution in [0.25, 0.3) is 0 Å². The fourth-order valence-corrected chi connectivity index (χ4v) is 2.50. The second-order valence-corrected chi connectivity index (χ2v) is 5.34. The maximum atomic E-state index is 11.9. The number of para-hydroxylation sites is 1. The van der Waals surface area contributed by atoms with E-state index in [1.165, 1.54) is 11.3 Å². The van der Waals surface area contributed by atoms with Gasteiger partial charge in [-0.25, -0.2) is 9.78 Å². The van der Waals surface area contributed by atoms with Gasteiger partial charge in [0.2, 0.25) is 0 Å². The van der Waals surface area contributed by atoms with E-state index in [1.54, 1.807) is 29.8 Å². The lowest BCUT2D eigenvalue weighted by molar-refractivity contribution is -0.136. The lowest BCUT2D eigenvalue weighted by Crippen LogP contribution is -2.28. The van der Waals surface area contributed by atoms with Crippen LogP contribution in [0.2, 0.25) is 0 Å². The van der Waals surface area contributed by atoms with E-state index in [0.29, 0.717) is 17.8 Å². The molecule has 0 aliphatic rings. The zero-order valence-corrected chi connectivity index (χ0v) is 12.2. The van der Waals surface area contributed by atoms with Crippen molar-refractivity contribution in [1.82, 2.24) is 10.3 Å². The van der Waals surface area contributed by atoms with Crippen LogP contribution in [0.1, 0.15) is 16.1 Å². The molecular weight excluding hydrogens is 290 g/mol. The van der Waals surface area contributed by atoms with Crippen molar-refractivity contribution >= 4 is 29.0 Å². The van der Waals surface area contributed by atoms with E-state index in [9.17, 15) is 9.59 Å². The summed E-state index contributed by atoms with van der Waals surface area (Å²) in [6.07, 6.45) is -0.135. The van der Waals surface area contributed by atoms with Gasteiger partial charge in [0, 0.05) is 10.6 Å². The first-order chi connectivity index (χ1) is 10.1. The summed E-state index contributed by atoms with van der Waals surface area (Å²) in [5.41, 5.74) is 3.69. The number of urea groups is 1. The van der Waals surface area contributed by atoms with Crippen molar-refractivity contribution < 1.29 is 14.7 Å². The maximum Gasteiger partial charge on any atom is 0.319 e. The van der Waals surface area contributed by atoms with Crippen molar-refractivity contribution in [1.29, 1.82) is 0 Å². The summed E-state index contributed by atoms with van der Waals surface area (Å²) in [7, 11) is 0. The van der Waals surface area contributed by atoms with Crippen molar-refractivity contribution in [2.24, 2.45) is 0 Å². The predicted molar refractivity (Wildman–Crippen MR) is 80.5 cm³/mol. The number of nitrogens with one attached hydrogen (secondary N) is 2. The molecule has 6 nitrogen and oxygen atoms in total. The van der Waals surface area contributed by atoms with E-state index in [4.69, 9.17) is 5.11 Å². The van der Waals surface area contributed by atoms with Crippen LogP contribution in [-0.2, 0) is 17.8 Å². The van der Waals surface area contributed by atoms with E-state index in [0.717, 1.165) is 10.6 Å². The number of carboxylic acid groups (broad SMARTS) is 1. The van der Waals surface area contributed by atoms with Crippen molar-refractivity contribution in [3.05, 3.63) is 45.9 Å². The third-order valence-electron chi connectivity index (χ3n) is 2.86. The Balaban J connectivity index is 1.96. The lowest BCUT2D eigenvalue weighted by Gasteiger charge is -2.10. The normalized spacial score (nSPS) is 10.1. The number of anilines is 1. The number of carbonyl (C=O) groups excluding carboxylic acids is 1. The Morgan fingerprint density at radius 2 is 2.10 bits per heavy atom. The average Bonchev–Trinajstić information content (AvgIpc) is 2.84. The summed E-state index contributed by atoms with van der Waals surface area (Å²) >= 11 is 1.48. The molecule has 0 radical (unpaired) electrons. The van der Waals surface area contributed by atoms with Crippen LogP contribution in [-0.4, -0.2) is 22.1 Å². The van der Waals surface area contributed by atoms with Gasteiger partial charge in [0.25, 0.3) is 0 Å². The zero-order valence-electron chi connectivity index (χ0n) is 11.4. The van der Waals surface area contributed by atoms with Crippen LogP contribution in [0.15, 0.2) is 29.8 Å². The van der Waals surface area contributed by atoms with Gasteiger partial charge < -0.3 is 15.7 Å². The van der Waals surface area contributed by atoms with Crippen molar-refractivity contribution in [2.45, 2.75) is 19.9 Å². The van der Waals surface area contributed by atoms with E-state index < -0.39 is 5.97 Å². The molecule has 0 spiro atoms. The molecule has 2 amide bonds. The molecule has 0 saturated carbocycles. The summed E-state index contributed by atoms with van der Waals surface area (Å²) in [5.74, 6) is -0.940. The standard InChI is InChI=1S/C14H15N3O3S/c1-9-12(21-8-16-9)7-15-14(20)17-11-5-3-2-4-10(11)6-13(18)19/h2-5,8H,6-7H2,1H3,(H,18,19)(H2,15,17,20). The second kappa shape index (κ2) is 6.85. The predicted octanol–water partition coefficient (Wildman–Crippen LogP) is 2.40. The molecule has 0 aliphatic carbocycles. The molecule has 21 heavy (non-hydrogen) atoms. The molecule has 7 heteroatoms. The van der Waals surface area contributed by atoms with Gasteiger partial charge in [-0.3, -0.25) is 4.79 Å². The molecule has 0 bridgehead atoms. The van der Waals surface area contributed by atoms with Crippen LogP contribution < -0.4 is 10.6 Å². The van der Waals surface area contributed by atoms with Crippen LogP contribution in [0, 0.1) is 6.92 Å². The molecule has 0 aliphatic heterocycles. The molecule has 0 unspecified atom stereocenters. The topological polar surface area (TPSA) is 91.3 Å². The molecule has 2 aromatic rings. The third-order valence-corrected chi connectivity index (χ3v) is 3.80. The van der Waals surface area contributed by atoms with Crippen LogP contribution >= 0.6 is 11.3 Å². The summed E-state index contributed by atoms with van der Waals surface area (Å²) in [5, 5.41) is 14.2. The molecule has 0 fully saturated rings. The Bertz CT molecular complexity index is 654. The molecule has 110 valence electrons. The number of aliphatic carboxylic acids is 1. The summed E-state index contributed by atoms with van der Waals surface area (Å²) in [4.78, 5) is 27.8. The molecule has 1 aromatic heterocycles. The second-order valence-electron chi connectivity index (χ2n) is 4.40. The van der Waals surface area contributed by atoms with E-state index in [2.05, 4.69) is 15.6 Å². The number of amides is 2. The SMILES string of the molecule is Cc1ncsc1CNC(=O)Nc1ccccc1CC(=O)O. The van der Waals surface area contributed by atoms with Gasteiger partial charge in [0.1, 0.15) is 0 Å². The Morgan fingerprint density at radius 1 is 1.33 bits per heavy atom. The number of nitrogens with zero attached hydrogens (tertiary/aromatic N) is 1. The molecule has 0 saturated heterocycles. The number of hydrogen-bond acceptors (Lipinski definition) is 4. The number of aromatic nitrogens is 1. The molecule has 1 heterocycles. The Morgan fingerprint density at radius 3 is 2.76 bits per heavy atom. The highest BCUT2D eigenvalue weighted by Gasteiger charge is 2.09. The molecular formula is C14H15N3O3S. The molecule has 1 aromatic carbocycles. The fourth-order valence-electron chi connectivity index (χ4n) is 1.78. The highest BCUT2D eigenvalue weighted by atomic mass is 32.1. The highest BCUT2D eigenvalue weighted by molar-refractivity contribution is 7.09. The number of carbonyl (C=O) groups is 2. The van der Waals surface area contributed by atoms with Crippen molar-refractivity contribution in [3.63, 3.8) is 0 Å². The quantitative estimate of drug-likeness (QED) is 0.791. The first-order valence-electron chi connectivity index (χ1n) is 6.30. The minimum Gasteiger partial charge on any atom is -0.481 e. The van der Waals surface area contributed by atoms with Gasteiger partial charge in [-0.2, -0.15) is 0 Å². The zero-order chi connectivity index (χ0) is 15.2. The van der Waals surface area contributed by atoms with Gasteiger partial charge in [0.15, 0.2) is 0 Å². The Hall–Kier alpha value is -2.41. The smallest absolute Gasteiger partial charge is 0.319 e. The third kappa shape index (κ3) is 4.28.